The smallest absolute Gasteiger partial charge is 0.125 e. The van der Waals surface area contributed by atoms with Gasteiger partial charge in [-0.25, -0.2) is 9.97 Å². The number of nitrogens with zero attached hydrogens (tertiary/aromatic N) is 2. The summed E-state index contributed by atoms with van der Waals surface area (Å²) in [7, 11) is 0. The number of halogens is 1. The summed E-state index contributed by atoms with van der Waals surface area (Å²) in [5.41, 5.74) is 8.10. The van der Waals surface area contributed by atoms with Crippen molar-refractivity contribution in [2.45, 2.75) is 13.5 Å². The third-order valence-corrected chi connectivity index (χ3v) is 2.64. The van der Waals surface area contributed by atoms with E-state index in [1.165, 1.54) is 0 Å². The standard InChI is InChI=1S/C12H13ClN4/c1-8-15-6-5-9(17-8)7-16-12-10(13)3-2-4-11(12)14/h2-6,16H,7,14H2,1H3. The molecular weight excluding hydrogens is 236 g/mol. The number of para-hydroxylation sites is 1. The summed E-state index contributed by atoms with van der Waals surface area (Å²) in [5, 5.41) is 3.78. The first-order valence-electron chi connectivity index (χ1n) is 5.23. The molecule has 2 rings (SSSR count). The number of hydrogen-bond acceptors (Lipinski definition) is 4. The summed E-state index contributed by atoms with van der Waals surface area (Å²) < 4.78 is 0. The van der Waals surface area contributed by atoms with Crippen molar-refractivity contribution >= 4 is 23.0 Å². The van der Waals surface area contributed by atoms with E-state index in [1.807, 2.05) is 19.1 Å². The van der Waals surface area contributed by atoms with E-state index in [9.17, 15) is 0 Å². The van der Waals surface area contributed by atoms with Crippen molar-refractivity contribution in [2.75, 3.05) is 11.1 Å². The first-order valence-corrected chi connectivity index (χ1v) is 5.61. The van der Waals surface area contributed by atoms with Gasteiger partial charge in [-0.2, -0.15) is 0 Å². The van der Waals surface area contributed by atoms with E-state index < -0.39 is 0 Å². The first kappa shape index (κ1) is 11.7. The molecule has 3 N–H and O–H groups in total. The van der Waals surface area contributed by atoms with Crippen LogP contribution in [0.5, 0.6) is 0 Å². The number of rotatable bonds is 3. The minimum Gasteiger partial charge on any atom is -0.397 e. The van der Waals surface area contributed by atoms with Gasteiger partial charge in [0.15, 0.2) is 0 Å². The van der Waals surface area contributed by atoms with Crippen LogP contribution < -0.4 is 11.1 Å². The summed E-state index contributed by atoms with van der Waals surface area (Å²) in [5.74, 6) is 0.747. The lowest BCUT2D eigenvalue weighted by Gasteiger charge is -2.10. The maximum absolute atomic E-state index is 6.05. The topological polar surface area (TPSA) is 63.8 Å². The van der Waals surface area contributed by atoms with Gasteiger partial charge in [0.25, 0.3) is 0 Å². The number of aromatic nitrogens is 2. The molecule has 1 aromatic heterocycles. The van der Waals surface area contributed by atoms with Gasteiger partial charge in [0.2, 0.25) is 0 Å². The van der Waals surface area contributed by atoms with Gasteiger partial charge >= 0.3 is 0 Å². The molecule has 0 bridgehead atoms. The zero-order chi connectivity index (χ0) is 12.3. The van der Waals surface area contributed by atoms with E-state index in [0.29, 0.717) is 17.3 Å². The normalized spacial score (nSPS) is 10.2. The molecule has 0 amide bonds. The van der Waals surface area contributed by atoms with Crippen molar-refractivity contribution < 1.29 is 0 Å². The van der Waals surface area contributed by atoms with Crippen LogP contribution >= 0.6 is 11.6 Å². The fourth-order valence-corrected chi connectivity index (χ4v) is 1.76. The zero-order valence-electron chi connectivity index (χ0n) is 9.44. The van der Waals surface area contributed by atoms with E-state index in [0.717, 1.165) is 17.2 Å². The van der Waals surface area contributed by atoms with Crippen LogP contribution in [0.2, 0.25) is 5.02 Å². The Kier molecular flexibility index (Phi) is 3.44. The summed E-state index contributed by atoms with van der Waals surface area (Å²) in [6.07, 6.45) is 1.73. The second-order valence-electron chi connectivity index (χ2n) is 3.65. The molecule has 0 aliphatic rings. The predicted octanol–water partition coefficient (Wildman–Crippen LogP) is 2.63. The third kappa shape index (κ3) is 2.85. The van der Waals surface area contributed by atoms with Gasteiger partial charge in [-0.15, -0.1) is 0 Å². The van der Waals surface area contributed by atoms with E-state index in [2.05, 4.69) is 15.3 Å². The van der Waals surface area contributed by atoms with Gasteiger partial charge in [-0.3, -0.25) is 0 Å². The van der Waals surface area contributed by atoms with Crippen LogP contribution in [0, 0.1) is 6.92 Å². The van der Waals surface area contributed by atoms with Crippen LogP contribution in [0.25, 0.3) is 0 Å². The number of nitrogens with two attached hydrogens (primary N) is 1. The van der Waals surface area contributed by atoms with Crippen molar-refractivity contribution in [2.24, 2.45) is 0 Å². The molecule has 17 heavy (non-hydrogen) atoms. The number of nitrogen functional groups attached to an aromatic ring is 1. The molecule has 0 saturated heterocycles. The van der Waals surface area contributed by atoms with Crippen LogP contribution in [0.1, 0.15) is 11.5 Å². The average Bonchev–Trinajstić information content (AvgIpc) is 2.28. The molecule has 1 heterocycles. The van der Waals surface area contributed by atoms with Crippen molar-refractivity contribution in [3.05, 3.63) is 47.0 Å². The fraction of sp³-hybridized carbons (Fsp3) is 0.167. The maximum atomic E-state index is 6.05. The number of aryl methyl sites for hydroxylation is 1. The molecule has 5 heteroatoms. The van der Waals surface area contributed by atoms with Gasteiger partial charge in [-0.1, -0.05) is 17.7 Å². The van der Waals surface area contributed by atoms with E-state index in [4.69, 9.17) is 17.3 Å². The van der Waals surface area contributed by atoms with Crippen LogP contribution in [0.3, 0.4) is 0 Å². The Morgan fingerprint density at radius 3 is 2.88 bits per heavy atom. The Balaban J connectivity index is 2.13. The number of anilines is 2. The predicted molar refractivity (Wildman–Crippen MR) is 70.0 cm³/mol. The molecule has 0 radical (unpaired) electrons. The molecule has 2 aromatic rings. The second kappa shape index (κ2) is 5.01. The largest absolute Gasteiger partial charge is 0.397 e. The SMILES string of the molecule is Cc1nccc(CNc2c(N)cccc2Cl)n1. The van der Waals surface area contributed by atoms with Gasteiger partial charge in [0.05, 0.1) is 28.6 Å². The van der Waals surface area contributed by atoms with Crippen molar-refractivity contribution in [3.8, 4) is 0 Å². The quantitative estimate of drug-likeness (QED) is 0.820. The monoisotopic (exact) mass is 248 g/mol. The number of benzene rings is 1. The molecule has 0 atom stereocenters. The fourth-order valence-electron chi connectivity index (χ4n) is 1.51. The highest BCUT2D eigenvalue weighted by molar-refractivity contribution is 6.33. The highest BCUT2D eigenvalue weighted by Crippen LogP contribution is 2.27. The van der Waals surface area contributed by atoms with Gasteiger partial charge in [-0.05, 0) is 25.1 Å². The molecule has 0 unspecified atom stereocenters. The second-order valence-corrected chi connectivity index (χ2v) is 4.06. The molecule has 0 aliphatic heterocycles. The molecule has 4 nitrogen and oxygen atoms in total. The highest BCUT2D eigenvalue weighted by Gasteiger charge is 2.04. The Morgan fingerprint density at radius 1 is 1.35 bits per heavy atom. The minimum atomic E-state index is 0.567. The minimum absolute atomic E-state index is 0.567. The lowest BCUT2D eigenvalue weighted by Crippen LogP contribution is -2.05. The Labute approximate surface area is 105 Å². The number of hydrogen-bond donors (Lipinski definition) is 2. The molecule has 0 fully saturated rings. The first-order chi connectivity index (χ1) is 8.16. The lowest BCUT2D eigenvalue weighted by atomic mass is 10.2. The van der Waals surface area contributed by atoms with E-state index >= 15 is 0 Å². The van der Waals surface area contributed by atoms with Crippen molar-refractivity contribution in [1.82, 2.24) is 9.97 Å². The van der Waals surface area contributed by atoms with Crippen LogP contribution in [0.15, 0.2) is 30.5 Å². The summed E-state index contributed by atoms with van der Waals surface area (Å²) in [6, 6.07) is 7.27. The summed E-state index contributed by atoms with van der Waals surface area (Å²) in [4.78, 5) is 8.33. The molecule has 0 saturated carbocycles. The Bertz CT molecular complexity index is 507. The van der Waals surface area contributed by atoms with Gasteiger partial charge < -0.3 is 11.1 Å². The summed E-state index contributed by atoms with van der Waals surface area (Å²) in [6.45, 7) is 2.42. The van der Waals surface area contributed by atoms with E-state index in [-0.39, 0.29) is 0 Å². The zero-order valence-corrected chi connectivity index (χ0v) is 10.2. The third-order valence-electron chi connectivity index (χ3n) is 2.33. The van der Waals surface area contributed by atoms with Crippen molar-refractivity contribution in [1.29, 1.82) is 0 Å². The lowest BCUT2D eigenvalue weighted by molar-refractivity contribution is 0.956. The van der Waals surface area contributed by atoms with Crippen molar-refractivity contribution in [3.63, 3.8) is 0 Å². The molecular formula is C12H13ClN4. The molecule has 0 aliphatic carbocycles. The summed E-state index contributed by atoms with van der Waals surface area (Å²) >= 11 is 6.05. The van der Waals surface area contributed by atoms with Crippen LogP contribution in [-0.2, 0) is 6.54 Å². The molecule has 1 aromatic carbocycles. The maximum Gasteiger partial charge on any atom is 0.125 e. The molecule has 88 valence electrons. The van der Waals surface area contributed by atoms with Gasteiger partial charge in [0, 0.05) is 6.20 Å². The van der Waals surface area contributed by atoms with Gasteiger partial charge in [0.1, 0.15) is 5.82 Å². The Morgan fingerprint density at radius 2 is 2.18 bits per heavy atom. The van der Waals surface area contributed by atoms with Crippen LogP contribution in [-0.4, -0.2) is 9.97 Å². The average molecular weight is 249 g/mol. The molecule has 0 spiro atoms. The van der Waals surface area contributed by atoms with E-state index in [1.54, 1.807) is 18.3 Å². The number of nitrogens with one attached hydrogen (secondary N) is 1. The highest BCUT2D eigenvalue weighted by atomic mass is 35.5. The van der Waals surface area contributed by atoms with Crippen LogP contribution in [0.4, 0.5) is 11.4 Å². The Hall–Kier alpha value is -1.81.